The van der Waals surface area contributed by atoms with Crippen molar-refractivity contribution in [3.05, 3.63) is 50.7 Å². The first-order chi connectivity index (χ1) is 8.11. The van der Waals surface area contributed by atoms with E-state index in [1.165, 1.54) is 11.3 Å². The zero-order valence-electron chi connectivity index (χ0n) is 9.61. The van der Waals surface area contributed by atoms with Crippen LogP contribution in [0.15, 0.2) is 30.3 Å². The van der Waals surface area contributed by atoms with Crippen LogP contribution in [0.2, 0.25) is 4.34 Å². The second kappa shape index (κ2) is 5.08. The van der Waals surface area contributed by atoms with Crippen molar-refractivity contribution in [2.24, 2.45) is 0 Å². The Labute approximate surface area is 109 Å². The zero-order chi connectivity index (χ0) is 12.4. The summed E-state index contributed by atoms with van der Waals surface area (Å²) in [6.45, 7) is 1.93. The highest BCUT2D eigenvalue weighted by Gasteiger charge is 2.14. The van der Waals surface area contributed by atoms with E-state index in [1.807, 2.05) is 37.3 Å². The number of aryl methyl sites for hydroxylation is 1. The highest BCUT2D eigenvalue weighted by atomic mass is 35.5. The Hall–Kier alpha value is -1.03. The standard InChI is InChI=1S/C13H13ClO2S/c1-8-7-11(17-13(8)14)12(15)9-3-5-10(16-2)6-4-9/h3-7,12,15H,1-2H3. The van der Waals surface area contributed by atoms with Crippen LogP contribution in [-0.2, 0) is 0 Å². The van der Waals surface area contributed by atoms with E-state index in [1.54, 1.807) is 7.11 Å². The summed E-state index contributed by atoms with van der Waals surface area (Å²) in [7, 11) is 1.62. The molecule has 2 aromatic rings. The molecule has 1 heterocycles. The smallest absolute Gasteiger partial charge is 0.118 e. The van der Waals surface area contributed by atoms with E-state index in [9.17, 15) is 5.11 Å². The van der Waals surface area contributed by atoms with Crippen LogP contribution in [0.25, 0.3) is 0 Å². The SMILES string of the molecule is COc1ccc(C(O)c2cc(C)c(Cl)s2)cc1. The lowest BCUT2D eigenvalue weighted by Crippen LogP contribution is -1.96. The monoisotopic (exact) mass is 268 g/mol. The summed E-state index contributed by atoms with van der Waals surface area (Å²) in [5, 5.41) is 10.2. The molecule has 0 saturated carbocycles. The lowest BCUT2D eigenvalue weighted by molar-refractivity contribution is 0.224. The molecule has 17 heavy (non-hydrogen) atoms. The van der Waals surface area contributed by atoms with Crippen LogP contribution < -0.4 is 4.74 Å². The fraction of sp³-hybridized carbons (Fsp3) is 0.231. The maximum atomic E-state index is 10.2. The Bertz CT molecular complexity index is 485. The van der Waals surface area contributed by atoms with Crippen LogP contribution in [0.1, 0.15) is 22.1 Å². The number of aliphatic hydroxyl groups excluding tert-OH is 1. The first kappa shape index (κ1) is 12.4. The molecule has 2 nitrogen and oxygen atoms in total. The van der Waals surface area contributed by atoms with Crippen LogP contribution in [0.3, 0.4) is 0 Å². The van der Waals surface area contributed by atoms with Crippen molar-refractivity contribution < 1.29 is 9.84 Å². The molecule has 0 bridgehead atoms. The molecular weight excluding hydrogens is 256 g/mol. The third-order valence-corrected chi connectivity index (χ3v) is 4.18. The average Bonchev–Trinajstić information content (AvgIpc) is 2.69. The first-order valence-corrected chi connectivity index (χ1v) is 6.39. The number of methoxy groups -OCH3 is 1. The lowest BCUT2D eigenvalue weighted by atomic mass is 10.1. The molecule has 0 radical (unpaired) electrons. The first-order valence-electron chi connectivity index (χ1n) is 5.19. The largest absolute Gasteiger partial charge is 0.497 e. The molecule has 0 amide bonds. The van der Waals surface area contributed by atoms with Gasteiger partial charge in [0.05, 0.1) is 11.4 Å². The molecule has 0 saturated heterocycles. The molecule has 2 rings (SSSR count). The molecule has 0 spiro atoms. The molecule has 1 unspecified atom stereocenters. The zero-order valence-corrected chi connectivity index (χ0v) is 11.2. The normalized spacial score (nSPS) is 12.5. The van der Waals surface area contributed by atoms with Gasteiger partial charge in [-0.05, 0) is 36.2 Å². The fourth-order valence-electron chi connectivity index (χ4n) is 1.57. The summed E-state index contributed by atoms with van der Waals surface area (Å²) in [6, 6.07) is 9.29. The average molecular weight is 269 g/mol. The molecule has 90 valence electrons. The number of ether oxygens (including phenoxy) is 1. The molecular formula is C13H13ClO2S. The van der Waals surface area contributed by atoms with Crippen molar-refractivity contribution in [3.63, 3.8) is 0 Å². The summed E-state index contributed by atoms with van der Waals surface area (Å²) in [5.41, 5.74) is 1.84. The molecule has 1 aromatic carbocycles. The van der Waals surface area contributed by atoms with Crippen LogP contribution in [-0.4, -0.2) is 12.2 Å². The number of halogens is 1. The van der Waals surface area contributed by atoms with Gasteiger partial charge in [0.2, 0.25) is 0 Å². The molecule has 0 fully saturated rings. The minimum atomic E-state index is -0.628. The van der Waals surface area contributed by atoms with Crippen molar-refractivity contribution >= 4 is 22.9 Å². The Morgan fingerprint density at radius 3 is 2.41 bits per heavy atom. The van der Waals surface area contributed by atoms with Crippen molar-refractivity contribution in [1.82, 2.24) is 0 Å². The van der Waals surface area contributed by atoms with Crippen LogP contribution in [0, 0.1) is 6.92 Å². The van der Waals surface area contributed by atoms with Crippen LogP contribution in [0.4, 0.5) is 0 Å². The lowest BCUT2D eigenvalue weighted by Gasteiger charge is -2.09. The highest BCUT2D eigenvalue weighted by Crippen LogP contribution is 2.34. The number of hydrogen-bond donors (Lipinski definition) is 1. The van der Waals surface area contributed by atoms with Gasteiger partial charge >= 0.3 is 0 Å². The number of benzene rings is 1. The Balaban J connectivity index is 2.26. The van der Waals surface area contributed by atoms with E-state index >= 15 is 0 Å². The molecule has 0 aliphatic heterocycles. The Morgan fingerprint density at radius 2 is 1.94 bits per heavy atom. The summed E-state index contributed by atoms with van der Waals surface area (Å²) in [5.74, 6) is 0.779. The van der Waals surface area contributed by atoms with Crippen LogP contribution in [0.5, 0.6) is 5.75 Å². The topological polar surface area (TPSA) is 29.5 Å². The van der Waals surface area contributed by atoms with Gasteiger partial charge in [0.25, 0.3) is 0 Å². The third kappa shape index (κ3) is 2.63. The van der Waals surface area contributed by atoms with Gasteiger partial charge in [-0.3, -0.25) is 0 Å². The van der Waals surface area contributed by atoms with Gasteiger partial charge < -0.3 is 9.84 Å². The molecule has 1 N–H and O–H groups in total. The Morgan fingerprint density at radius 1 is 1.29 bits per heavy atom. The fourth-order valence-corrected chi connectivity index (χ4v) is 2.80. The summed E-state index contributed by atoms with van der Waals surface area (Å²) in [6.07, 6.45) is -0.628. The second-order valence-electron chi connectivity index (χ2n) is 3.78. The predicted octanol–water partition coefficient (Wildman–Crippen LogP) is 3.80. The van der Waals surface area contributed by atoms with Crippen molar-refractivity contribution in [2.45, 2.75) is 13.0 Å². The quantitative estimate of drug-likeness (QED) is 0.917. The molecule has 0 aliphatic rings. The van der Waals surface area contributed by atoms with E-state index in [4.69, 9.17) is 16.3 Å². The van der Waals surface area contributed by atoms with Gasteiger partial charge in [-0.2, -0.15) is 0 Å². The second-order valence-corrected chi connectivity index (χ2v) is 5.47. The van der Waals surface area contributed by atoms with Crippen molar-refractivity contribution in [1.29, 1.82) is 0 Å². The van der Waals surface area contributed by atoms with Crippen LogP contribution >= 0.6 is 22.9 Å². The van der Waals surface area contributed by atoms with Crippen molar-refractivity contribution in [3.8, 4) is 5.75 Å². The molecule has 0 aliphatic carbocycles. The minimum Gasteiger partial charge on any atom is -0.497 e. The summed E-state index contributed by atoms with van der Waals surface area (Å²) in [4.78, 5) is 0.859. The van der Waals surface area contributed by atoms with E-state index in [2.05, 4.69) is 0 Å². The van der Waals surface area contributed by atoms with E-state index in [0.29, 0.717) is 0 Å². The maximum Gasteiger partial charge on any atom is 0.118 e. The van der Waals surface area contributed by atoms with Gasteiger partial charge in [-0.1, -0.05) is 23.7 Å². The summed E-state index contributed by atoms with van der Waals surface area (Å²) < 4.78 is 5.81. The van der Waals surface area contributed by atoms with Gasteiger partial charge in [-0.25, -0.2) is 0 Å². The minimum absolute atomic E-state index is 0.628. The summed E-state index contributed by atoms with van der Waals surface area (Å²) >= 11 is 7.41. The maximum absolute atomic E-state index is 10.2. The van der Waals surface area contributed by atoms with Gasteiger partial charge in [0, 0.05) is 4.88 Å². The van der Waals surface area contributed by atoms with Crippen molar-refractivity contribution in [2.75, 3.05) is 7.11 Å². The third-order valence-electron chi connectivity index (χ3n) is 2.58. The van der Waals surface area contributed by atoms with E-state index in [-0.39, 0.29) is 0 Å². The van der Waals surface area contributed by atoms with Gasteiger partial charge in [-0.15, -0.1) is 11.3 Å². The van der Waals surface area contributed by atoms with E-state index < -0.39 is 6.10 Å². The predicted molar refractivity (Wildman–Crippen MR) is 71.1 cm³/mol. The molecule has 1 atom stereocenters. The number of hydrogen-bond acceptors (Lipinski definition) is 3. The number of rotatable bonds is 3. The number of aliphatic hydroxyl groups is 1. The van der Waals surface area contributed by atoms with E-state index in [0.717, 1.165) is 26.1 Å². The molecule has 4 heteroatoms. The Kier molecular flexibility index (Phi) is 3.72. The number of thiophene rings is 1. The highest BCUT2D eigenvalue weighted by molar-refractivity contribution is 7.16. The van der Waals surface area contributed by atoms with Gasteiger partial charge in [0.15, 0.2) is 0 Å². The van der Waals surface area contributed by atoms with Gasteiger partial charge in [0.1, 0.15) is 11.9 Å². The molecule has 1 aromatic heterocycles.